The highest BCUT2D eigenvalue weighted by Gasteiger charge is 2.37. The van der Waals surface area contributed by atoms with Gasteiger partial charge in [0.1, 0.15) is 0 Å². The van der Waals surface area contributed by atoms with Crippen LogP contribution >= 0.6 is 0 Å². The Balaban J connectivity index is 1.66. The van der Waals surface area contributed by atoms with Crippen molar-refractivity contribution in [2.75, 3.05) is 13.1 Å². The molecule has 0 aromatic carbocycles. The molecule has 0 saturated heterocycles. The quantitative estimate of drug-likeness (QED) is 0.763. The van der Waals surface area contributed by atoms with Crippen LogP contribution in [-0.4, -0.2) is 30.0 Å². The summed E-state index contributed by atoms with van der Waals surface area (Å²) in [5.74, 6) is 2.60. The van der Waals surface area contributed by atoms with Gasteiger partial charge in [-0.2, -0.15) is 0 Å². The van der Waals surface area contributed by atoms with E-state index < -0.39 is 0 Å². The van der Waals surface area contributed by atoms with E-state index in [1.54, 1.807) is 0 Å². The van der Waals surface area contributed by atoms with Gasteiger partial charge < -0.3 is 10.6 Å². The molecule has 1 atom stereocenters. The number of guanidine groups is 1. The minimum absolute atomic E-state index is 0.646. The van der Waals surface area contributed by atoms with E-state index in [1.807, 2.05) is 0 Å². The number of rotatable bonds is 3. The minimum atomic E-state index is 0.646. The lowest BCUT2D eigenvalue weighted by molar-refractivity contribution is 0.244. The smallest absolute Gasteiger partial charge is 0.191 e. The fourth-order valence-corrected chi connectivity index (χ4v) is 3.10. The number of aliphatic imine (C=N–C) groups is 1. The van der Waals surface area contributed by atoms with E-state index in [0.717, 1.165) is 24.3 Å². The second-order valence-electron chi connectivity index (χ2n) is 5.41. The Kier molecular flexibility index (Phi) is 2.33. The van der Waals surface area contributed by atoms with Crippen LogP contribution in [0.1, 0.15) is 38.5 Å². The van der Waals surface area contributed by atoms with E-state index in [9.17, 15) is 0 Å². The SMILES string of the molecule is NC1=NCC(C2CCCC2)N1CC1CC1. The monoisotopic (exact) mass is 207 g/mol. The van der Waals surface area contributed by atoms with Crippen molar-refractivity contribution in [3.05, 3.63) is 0 Å². The van der Waals surface area contributed by atoms with E-state index in [0.29, 0.717) is 6.04 Å². The summed E-state index contributed by atoms with van der Waals surface area (Å²) in [7, 11) is 0. The highest BCUT2D eigenvalue weighted by Crippen LogP contribution is 2.36. The molecular formula is C12H21N3. The average Bonchev–Trinajstić information content (AvgIpc) is 2.75. The third-order valence-corrected chi connectivity index (χ3v) is 4.23. The molecule has 1 aliphatic heterocycles. The lowest BCUT2D eigenvalue weighted by atomic mass is 9.97. The maximum Gasteiger partial charge on any atom is 0.191 e. The Labute approximate surface area is 91.7 Å². The molecule has 2 saturated carbocycles. The van der Waals surface area contributed by atoms with Crippen molar-refractivity contribution < 1.29 is 0 Å². The third kappa shape index (κ3) is 1.84. The summed E-state index contributed by atoms with van der Waals surface area (Å²) in [6.07, 6.45) is 8.43. The topological polar surface area (TPSA) is 41.6 Å². The molecule has 0 radical (unpaired) electrons. The Hall–Kier alpha value is -0.730. The average molecular weight is 207 g/mol. The Morgan fingerprint density at radius 2 is 1.93 bits per heavy atom. The van der Waals surface area contributed by atoms with Crippen molar-refractivity contribution in [1.82, 2.24) is 4.90 Å². The van der Waals surface area contributed by atoms with Gasteiger partial charge in [0, 0.05) is 6.54 Å². The zero-order chi connectivity index (χ0) is 10.3. The zero-order valence-electron chi connectivity index (χ0n) is 9.36. The summed E-state index contributed by atoms with van der Waals surface area (Å²) in [5, 5.41) is 0. The molecule has 1 heterocycles. The molecule has 2 aliphatic carbocycles. The molecule has 2 fully saturated rings. The first-order valence-electron chi connectivity index (χ1n) is 6.41. The van der Waals surface area contributed by atoms with Crippen molar-refractivity contribution in [3.63, 3.8) is 0 Å². The van der Waals surface area contributed by atoms with Gasteiger partial charge in [-0.15, -0.1) is 0 Å². The lowest BCUT2D eigenvalue weighted by Gasteiger charge is -2.30. The molecule has 3 rings (SSSR count). The van der Waals surface area contributed by atoms with Gasteiger partial charge >= 0.3 is 0 Å². The first kappa shape index (κ1) is 9.49. The lowest BCUT2D eigenvalue weighted by Crippen LogP contribution is -2.45. The second-order valence-corrected chi connectivity index (χ2v) is 5.41. The first-order valence-corrected chi connectivity index (χ1v) is 6.41. The van der Waals surface area contributed by atoms with Gasteiger partial charge in [0.15, 0.2) is 5.96 Å². The summed E-state index contributed by atoms with van der Waals surface area (Å²) in [4.78, 5) is 6.86. The summed E-state index contributed by atoms with van der Waals surface area (Å²) < 4.78 is 0. The molecule has 0 bridgehead atoms. The van der Waals surface area contributed by atoms with Crippen LogP contribution in [0.5, 0.6) is 0 Å². The molecule has 3 aliphatic rings. The summed E-state index contributed by atoms with van der Waals surface area (Å²) in [6, 6.07) is 0.646. The van der Waals surface area contributed by atoms with Crippen LogP contribution < -0.4 is 5.73 Å². The van der Waals surface area contributed by atoms with Gasteiger partial charge in [-0.3, -0.25) is 4.99 Å². The van der Waals surface area contributed by atoms with Gasteiger partial charge in [0.25, 0.3) is 0 Å². The highest BCUT2D eigenvalue weighted by atomic mass is 15.3. The van der Waals surface area contributed by atoms with Crippen LogP contribution in [-0.2, 0) is 0 Å². The van der Waals surface area contributed by atoms with Gasteiger partial charge in [-0.05, 0) is 37.5 Å². The molecular weight excluding hydrogens is 186 g/mol. The summed E-state index contributed by atoms with van der Waals surface area (Å²) >= 11 is 0. The van der Waals surface area contributed by atoms with Crippen LogP contribution in [0.15, 0.2) is 4.99 Å². The largest absolute Gasteiger partial charge is 0.370 e. The fourth-order valence-electron chi connectivity index (χ4n) is 3.10. The van der Waals surface area contributed by atoms with Crippen LogP contribution in [0.3, 0.4) is 0 Å². The van der Waals surface area contributed by atoms with Crippen molar-refractivity contribution >= 4 is 5.96 Å². The van der Waals surface area contributed by atoms with Crippen LogP contribution in [0, 0.1) is 11.8 Å². The molecule has 84 valence electrons. The molecule has 3 nitrogen and oxygen atoms in total. The Morgan fingerprint density at radius 3 is 2.60 bits per heavy atom. The fraction of sp³-hybridized carbons (Fsp3) is 0.917. The molecule has 0 aromatic heterocycles. The molecule has 3 heteroatoms. The van der Waals surface area contributed by atoms with E-state index in [1.165, 1.54) is 45.1 Å². The minimum Gasteiger partial charge on any atom is -0.370 e. The second kappa shape index (κ2) is 3.69. The maximum atomic E-state index is 5.99. The number of hydrogen-bond acceptors (Lipinski definition) is 3. The standard InChI is InChI=1S/C12H21N3/c13-12-14-7-11(10-3-1-2-4-10)15(12)8-9-5-6-9/h9-11H,1-8H2,(H2,13,14). The first-order chi connectivity index (χ1) is 7.34. The number of nitrogens with two attached hydrogens (primary N) is 1. The maximum absolute atomic E-state index is 5.99. The van der Waals surface area contributed by atoms with Crippen molar-refractivity contribution in [2.45, 2.75) is 44.6 Å². The van der Waals surface area contributed by atoms with Crippen LogP contribution in [0.2, 0.25) is 0 Å². The van der Waals surface area contributed by atoms with Crippen LogP contribution in [0.4, 0.5) is 0 Å². The molecule has 0 spiro atoms. The van der Waals surface area contributed by atoms with Crippen molar-refractivity contribution in [2.24, 2.45) is 22.6 Å². The van der Waals surface area contributed by atoms with E-state index in [2.05, 4.69) is 9.89 Å². The van der Waals surface area contributed by atoms with Crippen molar-refractivity contribution in [3.8, 4) is 0 Å². The summed E-state index contributed by atoms with van der Waals surface area (Å²) in [5.41, 5.74) is 5.99. The normalized spacial score (nSPS) is 32.4. The Morgan fingerprint density at radius 1 is 1.20 bits per heavy atom. The molecule has 0 amide bonds. The van der Waals surface area contributed by atoms with Gasteiger partial charge in [0.05, 0.1) is 12.6 Å². The molecule has 0 aromatic rings. The third-order valence-electron chi connectivity index (χ3n) is 4.23. The highest BCUT2D eigenvalue weighted by molar-refractivity contribution is 5.80. The van der Waals surface area contributed by atoms with E-state index in [4.69, 9.17) is 5.73 Å². The van der Waals surface area contributed by atoms with Gasteiger partial charge in [-0.1, -0.05) is 12.8 Å². The predicted molar refractivity (Wildman–Crippen MR) is 61.7 cm³/mol. The number of hydrogen-bond donors (Lipinski definition) is 1. The van der Waals surface area contributed by atoms with Gasteiger partial charge in [-0.25, -0.2) is 0 Å². The predicted octanol–water partition coefficient (Wildman–Crippen LogP) is 1.59. The van der Waals surface area contributed by atoms with Crippen molar-refractivity contribution in [1.29, 1.82) is 0 Å². The van der Waals surface area contributed by atoms with E-state index >= 15 is 0 Å². The van der Waals surface area contributed by atoms with Crippen LogP contribution in [0.25, 0.3) is 0 Å². The number of nitrogens with zero attached hydrogens (tertiary/aromatic N) is 2. The molecule has 2 N–H and O–H groups in total. The molecule has 1 unspecified atom stereocenters. The zero-order valence-corrected chi connectivity index (χ0v) is 9.36. The van der Waals surface area contributed by atoms with Gasteiger partial charge in [0.2, 0.25) is 0 Å². The molecule has 15 heavy (non-hydrogen) atoms. The summed E-state index contributed by atoms with van der Waals surface area (Å²) in [6.45, 7) is 2.14. The van der Waals surface area contributed by atoms with E-state index in [-0.39, 0.29) is 0 Å². The Bertz CT molecular complexity index is 264.